The van der Waals surface area contributed by atoms with Crippen LogP contribution in [0.1, 0.15) is 56.0 Å². The minimum absolute atomic E-state index is 0.0266. The largest absolute Gasteiger partial charge is 0.507 e. The average molecular weight is 525 g/mol. The number of ketones is 1. The summed E-state index contributed by atoms with van der Waals surface area (Å²) in [6.45, 7) is 10.4. The van der Waals surface area contributed by atoms with E-state index in [1.165, 1.54) is 4.90 Å². The van der Waals surface area contributed by atoms with E-state index < -0.39 is 17.7 Å². The van der Waals surface area contributed by atoms with Crippen molar-refractivity contribution < 1.29 is 24.2 Å². The van der Waals surface area contributed by atoms with Crippen LogP contribution in [-0.4, -0.2) is 29.5 Å². The molecule has 1 saturated heterocycles. The molecule has 0 aromatic heterocycles. The van der Waals surface area contributed by atoms with E-state index in [0.29, 0.717) is 46.4 Å². The summed E-state index contributed by atoms with van der Waals surface area (Å²) in [4.78, 5) is 28.3. The van der Waals surface area contributed by atoms with Crippen molar-refractivity contribution in [3.63, 3.8) is 0 Å². The summed E-state index contributed by atoms with van der Waals surface area (Å²) in [6.07, 6.45) is -0.0791. The van der Waals surface area contributed by atoms with Crippen molar-refractivity contribution in [3.05, 3.63) is 94.6 Å². The Morgan fingerprint density at radius 3 is 2.36 bits per heavy atom. The maximum Gasteiger partial charge on any atom is 0.300 e. The molecule has 1 fully saturated rings. The summed E-state index contributed by atoms with van der Waals surface area (Å²) in [6, 6.07) is 19.9. The number of aryl methyl sites for hydroxylation is 1. The number of hydrogen-bond donors (Lipinski definition) is 1. The highest BCUT2D eigenvalue weighted by Gasteiger charge is 2.47. The molecule has 0 aliphatic carbocycles. The Bertz CT molecular complexity index is 1460. The van der Waals surface area contributed by atoms with Crippen molar-refractivity contribution in [3.8, 4) is 17.6 Å². The average Bonchev–Trinajstić information content (AvgIpc) is 3.17. The number of benzene rings is 3. The fraction of sp³-hybridized carbons (Fsp3) is 0.281. The Labute approximate surface area is 228 Å². The second kappa shape index (κ2) is 11.4. The number of carbonyl (C=O) groups excluding carboxylic acids is 2. The van der Waals surface area contributed by atoms with Crippen molar-refractivity contribution in [1.29, 1.82) is 5.26 Å². The van der Waals surface area contributed by atoms with Crippen molar-refractivity contribution in [2.45, 2.75) is 46.8 Å². The van der Waals surface area contributed by atoms with Gasteiger partial charge in [0, 0.05) is 11.3 Å². The molecule has 1 heterocycles. The fourth-order valence-electron chi connectivity index (χ4n) is 4.51. The van der Waals surface area contributed by atoms with Crippen LogP contribution in [0.3, 0.4) is 0 Å². The number of hydrogen-bond acceptors (Lipinski definition) is 6. The van der Waals surface area contributed by atoms with E-state index in [4.69, 9.17) is 9.47 Å². The number of amides is 1. The number of nitrogens with zero attached hydrogens (tertiary/aromatic N) is 2. The summed E-state index contributed by atoms with van der Waals surface area (Å²) < 4.78 is 11.7. The van der Waals surface area contributed by atoms with E-state index in [9.17, 15) is 20.0 Å². The molecule has 3 aromatic carbocycles. The Morgan fingerprint density at radius 2 is 1.74 bits per heavy atom. The minimum atomic E-state index is -0.911. The van der Waals surface area contributed by atoms with Crippen molar-refractivity contribution in [2.75, 3.05) is 11.5 Å². The predicted octanol–water partition coefficient (Wildman–Crippen LogP) is 6.32. The van der Waals surface area contributed by atoms with Gasteiger partial charge in [-0.3, -0.25) is 14.5 Å². The molecule has 4 rings (SSSR count). The summed E-state index contributed by atoms with van der Waals surface area (Å²) in [5.41, 5.74) is 2.64. The van der Waals surface area contributed by atoms with Crippen LogP contribution in [0.4, 0.5) is 5.69 Å². The minimum Gasteiger partial charge on any atom is -0.507 e. The fourth-order valence-corrected chi connectivity index (χ4v) is 4.51. The third kappa shape index (κ3) is 5.80. The van der Waals surface area contributed by atoms with Crippen LogP contribution in [0.5, 0.6) is 11.5 Å². The molecule has 7 nitrogen and oxygen atoms in total. The van der Waals surface area contributed by atoms with Gasteiger partial charge in [-0.25, -0.2) is 0 Å². The number of ether oxygens (including phenoxy) is 2. The molecule has 0 spiro atoms. The quantitative estimate of drug-likeness (QED) is 0.210. The van der Waals surface area contributed by atoms with Gasteiger partial charge in [0.05, 0.1) is 36.0 Å². The first-order valence-electron chi connectivity index (χ1n) is 12.9. The Balaban J connectivity index is 1.86. The smallest absolute Gasteiger partial charge is 0.300 e. The molecular weight excluding hydrogens is 492 g/mol. The molecule has 3 aromatic rings. The first kappa shape index (κ1) is 27.5. The van der Waals surface area contributed by atoms with Crippen LogP contribution >= 0.6 is 0 Å². The number of aliphatic hydroxyl groups is 1. The number of rotatable bonds is 8. The van der Waals surface area contributed by atoms with E-state index in [2.05, 4.69) is 19.9 Å². The zero-order chi connectivity index (χ0) is 28.3. The van der Waals surface area contributed by atoms with Gasteiger partial charge in [0.15, 0.2) is 0 Å². The SMILES string of the molecule is Cc1cc(/C(O)=C2\C(=O)C(=O)N(c3ccc(C#N)cc3)C2c2cccc(OC(C)C)c2)ccc1OCC(C)C. The van der Waals surface area contributed by atoms with Crippen LogP contribution in [0, 0.1) is 24.2 Å². The molecule has 39 heavy (non-hydrogen) atoms. The Morgan fingerprint density at radius 1 is 1.03 bits per heavy atom. The van der Waals surface area contributed by atoms with Gasteiger partial charge in [0.25, 0.3) is 11.7 Å². The van der Waals surface area contributed by atoms with Crippen LogP contribution in [-0.2, 0) is 9.59 Å². The normalized spacial score (nSPS) is 16.6. The monoisotopic (exact) mass is 524 g/mol. The van der Waals surface area contributed by atoms with Gasteiger partial charge < -0.3 is 14.6 Å². The number of nitriles is 1. The molecule has 7 heteroatoms. The first-order valence-corrected chi connectivity index (χ1v) is 12.9. The van der Waals surface area contributed by atoms with E-state index in [0.717, 1.165) is 5.56 Å². The molecular formula is C32H32N2O5. The van der Waals surface area contributed by atoms with Gasteiger partial charge in [0.1, 0.15) is 17.3 Å². The van der Waals surface area contributed by atoms with E-state index in [-0.39, 0.29) is 17.4 Å². The third-order valence-corrected chi connectivity index (χ3v) is 6.29. The Hall–Kier alpha value is -4.57. The van der Waals surface area contributed by atoms with E-state index >= 15 is 0 Å². The van der Waals surface area contributed by atoms with Gasteiger partial charge >= 0.3 is 0 Å². The summed E-state index contributed by atoms with van der Waals surface area (Å²) >= 11 is 0. The second-order valence-corrected chi connectivity index (χ2v) is 10.3. The van der Waals surface area contributed by atoms with Crippen LogP contribution in [0.15, 0.2) is 72.3 Å². The van der Waals surface area contributed by atoms with E-state index in [1.54, 1.807) is 66.7 Å². The molecule has 1 amide bonds. The highest BCUT2D eigenvalue weighted by Crippen LogP contribution is 2.43. The van der Waals surface area contributed by atoms with Gasteiger partial charge in [-0.15, -0.1) is 0 Å². The lowest BCUT2D eigenvalue weighted by atomic mass is 9.94. The lowest BCUT2D eigenvalue weighted by molar-refractivity contribution is -0.132. The van der Waals surface area contributed by atoms with Gasteiger partial charge in [-0.2, -0.15) is 5.26 Å². The molecule has 0 bridgehead atoms. The lowest BCUT2D eigenvalue weighted by Gasteiger charge is -2.26. The number of carbonyl (C=O) groups is 2. The van der Waals surface area contributed by atoms with Gasteiger partial charge in [0.2, 0.25) is 0 Å². The van der Waals surface area contributed by atoms with Crippen molar-refractivity contribution >= 4 is 23.1 Å². The topological polar surface area (TPSA) is 99.9 Å². The summed E-state index contributed by atoms with van der Waals surface area (Å²) in [7, 11) is 0. The highest BCUT2D eigenvalue weighted by atomic mass is 16.5. The highest BCUT2D eigenvalue weighted by molar-refractivity contribution is 6.51. The number of anilines is 1. The van der Waals surface area contributed by atoms with Crippen LogP contribution in [0.25, 0.3) is 5.76 Å². The number of aliphatic hydroxyl groups excluding tert-OH is 1. The molecule has 0 saturated carbocycles. The van der Waals surface area contributed by atoms with Gasteiger partial charge in [-0.05, 0) is 92.4 Å². The zero-order valence-corrected chi connectivity index (χ0v) is 22.8. The van der Waals surface area contributed by atoms with E-state index in [1.807, 2.05) is 20.8 Å². The Kier molecular flexibility index (Phi) is 8.06. The second-order valence-electron chi connectivity index (χ2n) is 10.3. The first-order chi connectivity index (χ1) is 18.6. The van der Waals surface area contributed by atoms with Crippen LogP contribution in [0.2, 0.25) is 0 Å². The standard InChI is InChI=1S/C32H32N2O5/c1-19(2)18-38-27-14-11-24(15-21(27)5)30(35)28-29(23-7-6-8-26(16-23)39-20(3)4)34(32(37)31(28)36)25-12-9-22(17-33)10-13-25/h6-16,19-20,29,35H,18H2,1-5H3/b30-28+. The molecule has 1 atom stereocenters. The van der Waals surface area contributed by atoms with Crippen LogP contribution < -0.4 is 14.4 Å². The molecule has 1 N–H and O–H groups in total. The lowest BCUT2D eigenvalue weighted by Crippen LogP contribution is -2.29. The maximum absolute atomic E-state index is 13.5. The molecule has 1 aliphatic rings. The number of Topliss-reactive ketones (excluding diaryl/α,β-unsaturated/α-hetero) is 1. The maximum atomic E-state index is 13.5. The van der Waals surface area contributed by atoms with Crippen molar-refractivity contribution in [2.24, 2.45) is 5.92 Å². The zero-order valence-electron chi connectivity index (χ0n) is 22.8. The molecule has 0 radical (unpaired) electrons. The molecule has 200 valence electrons. The summed E-state index contributed by atoms with van der Waals surface area (Å²) in [5, 5.41) is 20.7. The third-order valence-electron chi connectivity index (χ3n) is 6.29. The predicted molar refractivity (Wildman–Crippen MR) is 150 cm³/mol. The van der Waals surface area contributed by atoms with Gasteiger partial charge in [-0.1, -0.05) is 26.0 Å². The molecule has 1 aliphatic heterocycles. The summed E-state index contributed by atoms with van der Waals surface area (Å²) in [5.74, 6) is -0.219. The molecule has 1 unspecified atom stereocenters. The van der Waals surface area contributed by atoms with Crippen molar-refractivity contribution in [1.82, 2.24) is 0 Å².